The van der Waals surface area contributed by atoms with E-state index < -0.39 is 0 Å². The summed E-state index contributed by atoms with van der Waals surface area (Å²) in [5, 5.41) is 0. The van der Waals surface area contributed by atoms with Gasteiger partial charge in [-0.25, -0.2) is 0 Å². The smallest absolute Gasteiger partial charge is 0.0633 e. The maximum atomic E-state index is 5.96. The minimum Gasteiger partial charge on any atom is -0.378 e. The maximum Gasteiger partial charge on any atom is 0.0633 e. The molecule has 1 saturated carbocycles. The molecule has 2 aliphatic rings. The second-order valence-corrected chi connectivity index (χ2v) is 5.08. The second-order valence-electron chi connectivity index (χ2n) is 5.08. The highest BCUT2D eigenvalue weighted by molar-refractivity contribution is 4.86. The van der Waals surface area contributed by atoms with Gasteiger partial charge in [0, 0.05) is 6.61 Å². The van der Waals surface area contributed by atoms with Crippen LogP contribution in [0, 0.1) is 17.8 Å². The molecule has 0 bridgehead atoms. The molecule has 2 rings (SSSR count). The van der Waals surface area contributed by atoms with Crippen LogP contribution in [-0.4, -0.2) is 12.7 Å². The third-order valence-corrected chi connectivity index (χ3v) is 3.88. The van der Waals surface area contributed by atoms with Gasteiger partial charge in [0.25, 0.3) is 0 Å². The largest absolute Gasteiger partial charge is 0.378 e. The Morgan fingerprint density at radius 1 is 1.08 bits per heavy atom. The summed E-state index contributed by atoms with van der Waals surface area (Å²) in [7, 11) is 0. The van der Waals surface area contributed by atoms with Crippen LogP contribution in [0.4, 0.5) is 0 Å². The molecular weight excluding hydrogens is 160 g/mol. The fourth-order valence-corrected chi connectivity index (χ4v) is 3.14. The SMILES string of the molecule is CC(C)C1CCCC2CCCOC21. The first-order valence-corrected chi connectivity index (χ1v) is 5.90. The molecule has 1 aliphatic carbocycles. The Balaban J connectivity index is 2.02. The molecule has 1 heteroatoms. The highest BCUT2D eigenvalue weighted by Crippen LogP contribution is 2.40. The van der Waals surface area contributed by atoms with Crippen LogP contribution >= 0.6 is 0 Å². The third kappa shape index (κ3) is 1.90. The summed E-state index contributed by atoms with van der Waals surface area (Å²) in [6, 6.07) is 0. The lowest BCUT2D eigenvalue weighted by Gasteiger charge is -2.42. The summed E-state index contributed by atoms with van der Waals surface area (Å²) in [6.45, 7) is 5.72. The maximum absolute atomic E-state index is 5.96. The summed E-state index contributed by atoms with van der Waals surface area (Å²) in [4.78, 5) is 0. The summed E-state index contributed by atoms with van der Waals surface area (Å²) < 4.78 is 5.96. The zero-order chi connectivity index (χ0) is 9.26. The van der Waals surface area contributed by atoms with Crippen molar-refractivity contribution in [3.8, 4) is 0 Å². The van der Waals surface area contributed by atoms with E-state index in [0.29, 0.717) is 6.10 Å². The van der Waals surface area contributed by atoms with Crippen molar-refractivity contribution in [2.24, 2.45) is 17.8 Å². The number of fused-ring (bicyclic) bond motifs is 1. The van der Waals surface area contributed by atoms with E-state index in [2.05, 4.69) is 13.8 Å². The monoisotopic (exact) mass is 182 g/mol. The van der Waals surface area contributed by atoms with Gasteiger partial charge in [0.2, 0.25) is 0 Å². The molecule has 3 atom stereocenters. The van der Waals surface area contributed by atoms with Crippen LogP contribution in [0.1, 0.15) is 46.0 Å². The fraction of sp³-hybridized carbons (Fsp3) is 1.00. The summed E-state index contributed by atoms with van der Waals surface area (Å²) in [5.74, 6) is 2.56. The van der Waals surface area contributed by atoms with Crippen LogP contribution in [0.2, 0.25) is 0 Å². The Labute approximate surface area is 81.9 Å². The molecule has 1 heterocycles. The zero-order valence-corrected chi connectivity index (χ0v) is 8.96. The molecule has 1 aliphatic heterocycles. The lowest BCUT2D eigenvalue weighted by Crippen LogP contribution is -2.41. The van der Waals surface area contributed by atoms with Gasteiger partial charge < -0.3 is 4.74 Å². The van der Waals surface area contributed by atoms with Crippen molar-refractivity contribution in [2.45, 2.75) is 52.1 Å². The van der Waals surface area contributed by atoms with Gasteiger partial charge in [-0.3, -0.25) is 0 Å². The van der Waals surface area contributed by atoms with Crippen molar-refractivity contribution in [1.82, 2.24) is 0 Å². The average Bonchev–Trinajstić information content (AvgIpc) is 2.17. The topological polar surface area (TPSA) is 9.23 Å². The Morgan fingerprint density at radius 3 is 2.62 bits per heavy atom. The minimum atomic E-state index is 0.613. The molecular formula is C12H22O. The average molecular weight is 182 g/mol. The van der Waals surface area contributed by atoms with E-state index in [0.717, 1.165) is 24.4 Å². The predicted molar refractivity (Wildman–Crippen MR) is 54.6 cm³/mol. The minimum absolute atomic E-state index is 0.613. The Hall–Kier alpha value is -0.0400. The number of ether oxygens (including phenoxy) is 1. The van der Waals surface area contributed by atoms with Crippen molar-refractivity contribution in [3.05, 3.63) is 0 Å². The Morgan fingerprint density at radius 2 is 1.85 bits per heavy atom. The highest BCUT2D eigenvalue weighted by atomic mass is 16.5. The van der Waals surface area contributed by atoms with Gasteiger partial charge in [-0.1, -0.05) is 20.3 Å². The first-order valence-electron chi connectivity index (χ1n) is 5.90. The second kappa shape index (κ2) is 4.00. The predicted octanol–water partition coefficient (Wildman–Crippen LogP) is 3.24. The molecule has 0 radical (unpaired) electrons. The molecule has 2 fully saturated rings. The molecule has 1 saturated heterocycles. The van der Waals surface area contributed by atoms with E-state index in [4.69, 9.17) is 4.74 Å². The van der Waals surface area contributed by atoms with Crippen molar-refractivity contribution in [3.63, 3.8) is 0 Å². The normalized spacial score (nSPS) is 40.4. The van der Waals surface area contributed by atoms with Gasteiger partial charge in [-0.15, -0.1) is 0 Å². The van der Waals surface area contributed by atoms with E-state index in [9.17, 15) is 0 Å². The van der Waals surface area contributed by atoms with Crippen LogP contribution in [0.3, 0.4) is 0 Å². The Kier molecular flexibility index (Phi) is 2.92. The van der Waals surface area contributed by atoms with E-state index in [1.807, 2.05) is 0 Å². The molecule has 76 valence electrons. The van der Waals surface area contributed by atoms with Gasteiger partial charge in [-0.05, 0) is 43.4 Å². The van der Waals surface area contributed by atoms with Crippen LogP contribution in [0.25, 0.3) is 0 Å². The van der Waals surface area contributed by atoms with Gasteiger partial charge >= 0.3 is 0 Å². The molecule has 0 aromatic rings. The quantitative estimate of drug-likeness (QED) is 0.605. The van der Waals surface area contributed by atoms with Crippen molar-refractivity contribution in [2.75, 3.05) is 6.61 Å². The first-order chi connectivity index (χ1) is 6.29. The van der Waals surface area contributed by atoms with Crippen molar-refractivity contribution >= 4 is 0 Å². The fourth-order valence-electron chi connectivity index (χ4n) is 3.14. The lowest BCUT2D eigenvalue weighted by atomic mass is 9.71. The number of rotatable bonds is 1. The molecule has 0 aromatic heterocycles. The van der Waals surface area contributed by atoms with E-state index in [1.54, 1.807) is 0 Å². The highest BCUT2D eigenvalue weighted by Gasteiger charge is 2.36. The van der Waals surface area contributed by atoms with E-state index in [1.165, 1.54) is 32.1 Å². The summed E-state index contributed by atoms with van der Waals surface area (Å²) in [6.07, 6.45) is 7.60. The lowest BCUT2D eigenvalue weighted by molar-refractivity contribution is -0.0915. The van der Waals surface area contributed by atoms with Crippen molar-refractivity contribution < 1.29 is 4.74 Å². The van der Waals surface area contributed by atoms with Gasteiger partial charge in [0.1, 0.15) is 0 Å². The Bertz CT molecular complexity index is 163. The van der Waals surface area contributed by atoms with Crippen LogP contribution in [0.15, 0.2) is 0 Å². The third-order valence-electron chi connectivity index (χ3n) is 3.88. The molecule has 3 unspecified atom stereocenters. The number of hydrogen-bond acceptors (Lipinski definition) is 1. The molecule has 1 nitrogen and oxygen atoms in total. The molecule has 0 N–H and O–H groups in total. The molecule has 13 heavy (non-hydrogen) atoms. The van der Waals surface area contributed by atoms with Crippen molar-refractivity contribution in [1.29, 1.82) is 0 Å². The van der Waals surface area contributed by atoms with Gasteiger partial charge in [-0.2, -0.15) is 0 Å². The molecule has 0 amide bonds. The first kappa shape index (κ1) is 9.51. The standard InChI is InChI=1S/C12H22O/c1-9(2)11-7-3-5-10-6-4-8-13-12(10)11/h9-12H,3-8H2,1-2H3. The summed E-state index contributed by atoms with van der Waals surface area (Å²) >= 11 is 0. The van der Waals surface area contributed by atoms with Gasteiger partial charge in [0.15, 0.2) is 0 Å². The van der Waals surface area contributed by atoms with Crippen LogP contribution in [-0.2, 0) is 4.74 Å². The molecule has 0 aromatic carbocycles. The van der Waals surface area contributed by atoms with Gasteiger partial charge in [0.05, 0.1) is 6.10 Å². The van der Waals surface area contributed by atoms with Crippen LogP contribution < -0.4 is 0 Å². The van der Waals surface area contributed by atoms with E-state index >= 15 is 0 Å². The van der Waals surface area contributed by atoms with Crippen LogP contribution in [0.5, 0.6) is 0 Å². The van der Waals surface area contributed by atoms with E-state index in [-0.39, 0.29) is 0 Å². The zero-order valence-electron chi connectivity index (χ0n) is 8.96. The molecule has 0 spiro atoms. The number of hydrogen-bond donors (Lipinski definition) is 0. The summed E-state index contributed by atoms with van der Waals surface area (Å²) in [5.41, 5.74) is 0.